The zero-order valence-electron chi connectivity index (χ0n) is 16.2. The Kier molecular flexibility index (Phi) is 6.97. The monoisotopic (exact) mass is 385 g/mol. The van der Waals surface area contributed by atoms with Crippen molar-refractivity contribution in [1.29, 1.82) is 0 Å². The molecule has 0 saturated heterocycles. The number of hydrogen-bond acceptors (Lipinski definition) is 5. The van der Waals surface area contributed by atoms with Gasteiger partial charge in [0.05, 0.1) is 20.8 Å². The van der Waals surface area contributed by atoms with Crippen molar-refractivity contribution < 1.29 is 23.9 Å². The Balaban J connectivity index is 1.86. The number of nitrogens with one attached hydrogen (secondary N) is 3. The van der Waals surface area contributed by atoms with Crippen LogP contribution in [-0.2, 0) is 4.79 Å². The SMILES string of the molecule is COc1ccc(C(=O)NNC(=O)CNC(=O)c2cc(C)cc(C)c2)cc1OC. The number of carbonyl (C=O) groups is 3. The second-order valence-electron chi connectivity index (χ2n) is 6.13. The normalized spacial score (nSPS) is 10.0. The van der Waals surface area contributed by atoms with E-state index in [1.54, 1.807) is 18.2 Å². The van der Waals surface area contributed by atoms with E-state index in [-0.39, 0.29) is 18.0 Å². The lowest BCUT2D eigenvalue weighted by molar-refractivity contribution is -0.120. The van der Waals surface area contributed by atoms with Gasteiger partial charge in [0, 0.05) is 11.1 Å². The Morgan fingerprint density at radius 3 is 2.04 bits per heavy atom. The maximum atomic E-state index is 12.1. The number of methoxy groups -OCH3 is 2. The van der Waals surface area contributed by atoms with E-state index < -0.39 is 11.8 Å². The summed E-state index contributed by atoms with van der Waals surface area (Å²) in [6.07, 6.45) is 0. The molecule has 148 valence electrons. The lowest BCUT2D eigenvalue weighted by atomic mass is 10.1. The largest absolute Gasteiger partial charge is 0.493 e. The predicted molar refractivity (Wildman–Crippen MR) is 103 cm³/mol. The maximum absolute atomic E-state index is 12.1. The minimum absolute atomic E-state index is 0.275. The third-order valence-electron chi connectivity index (χ3n) is 3.85. The highest BCUT2D eigenvalue weighted by Gasteiger charge is 2.13. The Labute approximate surface area is 163 Å². The molecule has 0 aromatic heterocycles. The van der Waals surface area contributed by atoms with E-state index in [4.69, 9.17) is 9.47 Å². The van der Waals surface area contributed by atoms with Gasteiger partial charge >= 0.3 is 0 Å². The molecule has 0 aliphatic heterocycles. The summed E-state index contributed by atoms with van der Waals surface area (Å²) in [5.74, 6) is -0.589. The van der Waals surface area contributed by atoms with Crippen molar-refractivity contribution >= 4 is 17.7 Å². The summed E-state index contributed by atoms with van der Waals surface area (Å²) in [6.45, 7) is 3.50. The quantitative estimate of drug-likeness (QED) is 0.654. The van der Waals surface area contributed by atoms with Crippen LogP contribution < -0.4 is 25.6 Å². The number of aryl methyl sites for hydroxylation is 2. The van der Waals surface area contributed by atoms with Gasteiger partial charge in [0.15, 0.2) is 11.5 Å². The molecule has 0 spiro atoms. The van der Waals surface area contributed by atoms with Crippen LogP contribution in [0.5, 0.6) is 11.5 Å². The van der Waals surface area contributed by atoms with Gasteiger partial charge in [0.2, 0.25) is 0 Å². The molecule has 0 heterocycles. The van der Waals surface area contributed by atoms with Gasteiger partial charge in [-0.2, -0.15) is 0 Å². The fourth-order valence-electron chi connectivity index (χ4n) is 2.59. The molecule has 3 amide bonds. The molecule has 3 N–H and O–H groups in total. The smallest absolute Gasteiger partial charge is 0.269 e. The molecule has 0 saturated carbocycles. The molecule has 0 fully saturated rings. The summed E-state index contributed by atoms with van der Waals surface area (Å²) in [5, 5.41) is 2.51. The van der Waals surface area contributed by atoms with Crippen LogP contribution in [0.2, 0.25) is 0 Å². The van der Waals surface area contributed by atoms with Crippen LogP contribution in [-0.4, -0.2) is 38.5 Å². The summed E-state index contributed by atoms with van der Waals surface area (Å²) in [5.41, 5.74) is 7.19. The van der Waals surface area contributed by atoms with Crippen molar-refractivity contribution in [2.75, 3.05) is 20.8 Å². The first-order valence-electron chi connectivity index (χ1n) is 8.51. The molecule has 2 rings (SSSR count). The summed E-state index contributed by atoms with van der Waals surface area (Å²) in [4.78, 5) is 36.2. The van der Waals surface area contributed by atoms with E-state index in [0.717, 1.165) is 11.1 Å². The summed E-state index contributed by atoms with van der Waals surface area (Å²) < 4.78 is 10.2. The van der Waals surface area contributed by atoms with Gasteiger partial charge in [-0.25, -0.2) is 0 Å². The Bertz CT molecular complexity index is 875. The molecule has 0 aliphatic carbocycles. The highest BCUT2D eigenvalue weighted by Crippen LogP contribution is 2.27. The van der Waals surface area contributed by atoms with Crippen LogP contribution in [0.1, 0.15) is 31.8 Å². The first-order valence-corrected chi connectivity index (χ1v) is 8.51. The number of ether oxygens (including phenoxy) is 2. The molecule has 2 aromatic carbocycles. The van der Waals surface area contributed by atoms with Gasteiger partial charge in [0.1, 0.15) is 0 Å². The van der Waals surface area contributed by atoms with E-state index in [9.17, 15) is 14.4 Å². The lowest BCUT2D eigenvalue weighted by Crippen LogP contribution is -2.46. The van der Waals surface area contributed by atoms with Gasteiger partial charge in [-0.05, 0) is 44.2 Å². The fourth-order valence-corrected chi connectivity index (χ4v) is 2.59. The first kappa shape index (κ1) is 20.8. The van der Waals surface area contributed by atoms with Gasteiger partial charge in [0.25, 0.3) is 17.7 Å². The summed E-state index contributed by atoms with van der Waals surface area (Å²) in [7, 11) is 2.95. The van der Waals surface area contributed by atoms with Gasteiger partial charge in [-0.3, -0.25) is 25.2 Å². The second kappa shape index (κ2) is 9.40. The van der Waals surface area contributed by atoms with Crippen LogP contribution in [0.25, 0.3) is 0 Å². The number of carbonyl (C=O) groups excluding carboxylic acids is 3. The Hall–Kier alpha value is -3.55. The summed E-state index contributed by atoms with van der Waals surface area (Å²) in [6, 6.07) is 10.0. The van der Waals surface area contributed by atoms with Gasteiger partial charge in [-0.1, -0.05) is 17.2 Å². The molecule has 0 radical (unpaired) electrons. The van der Waals surface area contributed by atoms with E-state index in [0.29, 0.717) is 17.1 Å². The molecule has 28 heavy (non-hydrogen) atoms. The topological polar surface area (TPSA) is 106 Å². The predicted octanol–water partition coefficient (Wildman–Crippen LogP) is 1.51. The van der Waals surface area contributed by atoms with E-state index in [1.165, 1.54) is 26.4 Å². The van der Waals surface area contributed by atoms with Crippen LogP contribution in [0.15, 0.2) is 36.4 Å². The molecule has 8 heteroatoms. The molecule has 0 atom stereocenters. The number of hydrogen-bond donors (Lipinski definition) is 3. The van der Waals surface area contributed by atoms with Crippen LogP contribution >= 0.6 is 0 Å². The minimum Gasteiger partial charge on any atom is -0.493 e. The minimum atomic E-state index is -0.563. The lowest BCUT2D eigenvalue weighted by Gasteiger charge is -2.11. The van der Waals surface area contributed by atoms with E-state index >= 15 is 0 Å². The molecule has 0 bridgehead atoms. The number of benzene rings is 2. The third-order valence-corrected chi connectivity index (χ3v) is 3.85. The van der Waals surface area contributed by atoms with Crippen molar-refractivity contribution in [1.82, 2.24) is 16.2 Å². The van der Waals surface area contributed by atoms with Crippen molar-refractivity contribution in [2.24, 2.45) is 0 Å². The zero-order valence-corrected chi connectivity index (χ0v) is 16.2. The van der Waals surface area contributed by atoms with Crippen LogP contribution in [0.4, 0.5) is 0 Å². The second-order valence-corrected chi connectivity index (χ2v) is 6.13. The van der Waals surface area contributed by atoms with E-state index in [2.05, 4.69) is 16.2 Å². The average molecular weight is 385 g/mol. The highest BCUT2D eigenvalue weighted by atomic mass is 16.5. The third kappa shape index (κ3) is 5.47. The van der Waals surface area contributed by atoms with Gasteiger partial charge in [-0.15, -0.1) is 0 Å². The number of rotatable bonds is 6. The first-order chi connectivity index (χ1) is 13.3. The molecule has 8 nitrogen and oxygen atoms in total. The molecular formula is C20H23N3O5. The Morgan fingerprint density at radius 1 is 0.786 bits per heavy atom. The van der Waals surface area contributed by atoms with Crippen LogP contribution in [0.3, 0.4) is 0 Å². The highest BCUT2D eigenvalue weighted by molar-refractivity contribution is 5.98. The molecule has 0 aliphatic rings. The van der Waals surface area contributed by atoms with Gasteiger partial charge < -0.3 is 14.8 Å². The van der Waals surface area contributed by atoms with Crippen molar-refractivity contribution in [3.8, 4) is 11.5 Å². The average Bonchev–Trinajstić information content (AvgIpc) is 2.68. The van der Waals surface area contributed by atoms with Crippen molar-refractivity contribution in [3.63, 3.8) is 0 Å². The number of hydrazine groups is 1. The molecule has 2 aromatic rings. The summed E-state index contributed by atoms with van der Waals surface area (Å²) >= 11 is 0. The number of amides is 3. The maximum Gasteiger partial charge on any atom is 0.269 e. The molecule has 0 unspecified atom stereocenters. The van der Waals surface area contributed by atoms with Crippen molar-refractivity contribution in [3.05, 3.63) is 58.7 Å². The fraction of sp³-hybridized carbons (Fsp3) is 0.250. The zero-order chi connectivity index (χ0) is 20.7. The Morgan fingerprint density at radius 2 is 1.43 bits per heavy atom. The van der Waals surface area contributed by atoms with E-state index in [1.807, 2.05) is 19.9 Å². The van der Waals surface area contributed by atoms with Crippen molar-refractivity contribution in [2.45, 2.75) is 13.8 Å². The van der Waals surface area contributed by atoms with Crippen LogP contribution in [0, 0.1) is 13.8 Å². The standard InChI is InChI=1S/C20H23N3O5/c1-12-7-13(2)9-15(8-12)19(25)21-11-18(24)22-23-20(26)14-5-6-16(27-3)17(10-14)28-4/h5-10H,11H2,1-4H3,(H,21,25)(H,22,24)(H,23,26). The molecular weight excluding hydrogens is 362 g/mol.